The van der Waals surface area contributed by atoms with Gasteiger partial charge in [-0.25, -0.2) is 0 Å². The van der Waals surface area contributed by atoms with Crippen molar-refractivity contribution in [1.82, 2.24) is 0 Å². The highest BCUT2D eigenvalue weighted by atomic mass is 35.5. The number of carbonyl (C=O) groups is 2. The predicted octanol–water partition coefficient (Wildman–Crippen LogP) is 0.106. The summed E-state index contributed by atoms with van der Waals surface area (Å²) in [4.78, 5) is 22.4. The Bertz CT molecular complexity index is 201. The summed E-state index contributed by atoms with van der Waals surface area (Å²) in [6, 6.07) is 0. The molecule has 0 amide bonds. The second kappa shape index (κ2) is 6.35. The SMILES string of the molecule is O=C(CCl)C(O)(CCCO)C(=O)CCl. The van der Waals surface area contributed by atoms with Gasteiger partial charge in [-0.3, -0.25) is 9.59 Å². The molecule has 0 radical (unpaired) electrons. The number of hydrogen-bond acceptors (Lipinski definition) is 4. The van der Waals surface area contributed by atoms with Crippen molar-refractivity contribution >= 4 is 34.8 Å². The molecule has 0 aliphatic carbocycles. The lowest BCUT2D eigenvalue weighted by Crippen LogP contribution is -2.48. The van der Waals surface area contributed by atoms with Crippen LogP contribution in [0.15, 0.2) is 0 Å². The third-order valence-electron chi connectivity index (χ3n) is 1.86. The lowest BCUT2D eigenvalue weighted by molar-refractivity contribution is -0.148. The van der Waals surface area contributed by atoms with Crippen molar-refractivity contribution in [2.45, 2.75) is 18.4 Å². The second-order valence-electron chi connectivity index (χ2n) is 2.80. The second-order valence-corrected chi connectivity index (χ2v) is 3.34. The normalized spacial score (nSPS) is 11.4. The molecule has 0 aliphatic heterocycles. The van der Waals surface area contributed by atoms with E-state index in [-0.39, 0.29) is 19.4 Å². The fraction of sp³-hybridized carbons (Fsp3) is 0.750. The standard InChI is InChI=1S/C8H12Cl2O4/c9-4-6(12)8(14,2-1-3-11)7(13)5-10/h11,14H,1-5H2. The molecule has 14 heavy (non-hydrogen) atoms. The number of Topliss-reactive ketones (excluding diaryl/α,β-unsaturated/α-hetero) is 2. The maximum atomic E-state index is 11.2. The van der Waals surface area contributed by atoms with Crippen molar-refractivity contribution in [1.29, 1.82) is 0 Å². The number of halogens is 2. The van der Waals surface area contributed by atoms with Crippen LogP contribution in [-0.4, -0.2) is 45.7 Å². The van der Waals surface area contributed by atoms with E-state index in [2.05, 4.69) is 0 Å². The average molecular weight is 243 g/mol. The molecule has 0 saturated heterocycles. The Labute approximate surface area is 91.8 Å². The van der Waals surface area contributed by atoms with Crippen LogP contribution >= 0.6 is 23.2 Å². The van der Waals surface area contributed by atoms with Gasteiger partial charge < -0.3 is 10.2 Å². The summed E-state index contributed by atoms with van der Waals surface area (Å²) in [5.41, 5.74) is -2.13. The van der Waals surface area contributed by atoms with Crippen LogP contribution in [0.25, 0.3) is 0 Å². The number of aliphatic hydroxyl groups is 2. The van der Waals surface area contributed by atoms with E-state index in [4.69, 9.17) is 28.3 Å². The zero-order chi connectivity index (χ0) is 11.2. The minimum absolute atomic E-state index is 0.141. The van der Waals surface area contributed by atoms with Gasteiger partial charge in [-0.1, -0.05) is 0 Å². The van der Waals surface area contributed by atoms with Crippen LogP contribution in [0.1, 0.15) is 12.8 Å². The Kier molecular flexibility index (Phi) is 6.27. The molecule has 0 fully saturated rings. The largest absolute Gasteiger partial charge is 0.396 e. The smallest absolute Gasteiger partial charge is 0.186 e. The zero-order valence-electron chi connectivity index (χ0n) is 7.50. The number of alkyl halides is 2. The van der Waals surface area contributed by atoms with E-state index >= 15 is 0 Å². The molecule has 0 rings (SSSR count). The van der Waals surface area contributed by atoms with Gasteiger partial charge in [0, 0.05) is 6.61 Å². The summed E-state index contributed by atoms with van der Waals surface area (Å²) in [6.45, 7) is -0.215. The van der Waals surface area contributed by atoms with Gasteiger partial charge in [-0.2, -0.15) is 0 Å². The Morgan fingerprint density at radius 1 is 1.14 bits per heavy atom. The first-order valence-electron chi connectivity index (χ1n) is 4.04. The van der Waals surface area contributed by atoms with Crippen molar-refractivity contribution < 1.29 is 19.8 Å². The predicted molar refractivity (Wildman–Crippen MR) is 52.7 cm³/mol. The lowest BCUT2D eigenvalue weighted by Gasteiger charge is -2.22. The highest BCUT2D eigenvalue weighted by molar-refractivity contribution is 6.36. The van der Waals surface area contributed by atoms with Crippen molar-refractivity contribution in [3.8, 4) is 0 Å². The monoisotopic (exact) mass is 242 g/mol. The number of hydrogen-bond donors (Lipinski definition) is 2. The number of rotatable bonds is 7. The molecule has 0 aromatic carbocycles. The highest BCUT2D eigenvalue weighted by Crippen LogP contribution is 2.17. The molecule has 4 nitrogen and oxygen atoms in total. The van der Waals surface area contributed by atoms with Gasteiger partial charge in [0.1, 0.15) is 0 Å². The van der Waals surface area contributed by atoms with Crippen molar-refractivity contribution in [3.05, 3.63) is 0 Å². The first-order chi connectivity index (χ1) is 6.52. The summed E-state index contributed by atoms with van der Waals surface area (Å²) in [5, 5.41) is 18.2. The molecule has 0 aromatic heterocycles. The van der Waals surface area contributed by atoms with Crippen molar-refractivity contribution in [2.24, 2.45) is 0 Å². The third kappa shape index (κ3) is 3.20. The van der Waals surface area contributed by atoms with Gasteiger partial charge in [-0.05, 0) is 12.8 Å². The first kappa shape index (κ1) is 13.8. The average Bonchev–Trinajstić information content (AvgIpc) is 2.23. The molecule has 0 heterocycles. The van der Waals surface area contributed by atoms with Crippen LogP contribution in [0.2, 0.25) is 0 Å². The summed E-state index contributed by atoms with van der Waals surface area (Å²) in [6.07, 6.45) is -0.0115. The maximum absolute atomic E-state index is 11.2. The van der Waals surface area contributed by atoms with Gasteiger partial charge in [0.15, 0.2) is 17.2 Å². The number of carbonyl (C=O) groups excluding carboxylic acids is 2. The van der Waals surface area contributed by atoms with Crippen molar-refractivity contribution in [2.75, 3.05) is 18.4 Å². The molecule has 0 aliphatic rings. The van der Waals surface area contributed by atoms with Gasteiger partial charge in [0.05, 0.1) is 11.8 Å². The summed E-state index contributed by atoms with van der Waals surface area (Å²) >= 11 is 10.5. The van der Waals surface area contributed by atoms with E-state index in [1.54, 1.807) is 0 Å². The van der Waals surface area contributed by atoms with E-state index in [0.717, 1.165) is 0 Å². The number of ketones is 2. The van der Waals surface area contributed by atoms with Crippen LogP contribution < -0.4 is 0 Å². The van der Waals surface area contributed by atoms with Gasteiger partial charge >= 0.3 is 0 Å². The van der Waals surface area contributed by atoms with E-state index in [1.807, 2.05) is 0 Å². The molecule has 6 heteroatoms. The topological polar surface area (TPSA) is 74.6 Å². The van der Waals surface area contributed by atoms with Crippen LogP contribution in [-0.2, 0) is 9.59 Å². The highest BCUT2D eigenvalue weighted by Gasteiger charge is 2.41. The van der Waals surface area contributed by atoms with Gasteiger partial charge in [-0.15, -0.1) is 23.2 Å². The molecule has 0 bridgehead atoms. The molecular formula is C8H12Cl2O4. The maximum Gasteiger partial charge on any atom is 0.186 e. The van der Waals surface area contributed by atoms with Gasteiger partial charge in [0.25, 0.3) is 0 Å². The molecule has 0 unspecified atom stereocenters. The molecular weight excluding hydrogens is 231 g/mol. The van der Waals surface area contributed by atoms with Crippen LogP contribution in [0.4, 0.5) is 0 Å². The third-order valence-corrected chi connectivity index (χ3v) is 2.35. The van der Waals surface area contributed by atoms with Crippen LogP contribution in [0.5, 0.6) is 0 Å². The van der Waals surface area contributed by atoms with E-state index in [0.29, 0.717) is 0 Å². The Balaban J connectivity index is 4.65. The Morgan fingerprint density at radius 3 is 1.86 bits per heavy atom. The minimum Gasteiger partial charge on any atom is -0.396 e. The van der Waals surface area contributed by atoms with E-state index in [1.165, 1.54) is 0 Å². The summed E-state index contributed by atoms with van der Waals surface area (Å²) in [7, 11) is 0. The summed E-state index contributed by atoms with van der Waals surface area (Å²) < 4.78 is 0. The molecule has 2 N–H and O–H groups in total. The Morgan fingerprint density at radius 2 is 1.57 bits per heavy atom. The number of aliphatic hydroxyl groups excluding tert-OH is 1. The minimum atomic E-state index is -2.13. The molecule has 0 saturated carbocycles. The fourth-order valence-electron chi connectivity index (χ4n) is 0.990. The molecule has 0 aromatic rings. The summed E-state index contributed by atoms with van der Waals surface area (Å²) in [5.74, 6) is -2.47. The lowest BCUT2D eigenvalue weighted by atomic mass is 9.89. The van der Waals surface area contributed by atoms with E-state index < -0.39 is 28.9 Å². The molecule has 0 spiro atoms. The molecule has 0 atom stereocenters. The first-order valence-corrected chi connectivity index (χ1v) is 5.11. The van der Waals surface area contributed by atoms with Crippen LogP contribution in [0.3, 0.4) is 0 Å². The van der Waals surface area contributed by atoms with Crippen molar-refractivity contribution in [3.63, 3.8) is 0 Å². The molecule has 82 valence electrons. The van der Waals surface area contributed by atoms with Gasteiger partial charge in [0.2, 0.25) is 0 Å². The van der Waals surface area contributed by atoms with Crippen LogP contribution in [0, 0.1) is 0 Å². The Hall–Kier alpha value is -0.160. The zero-order valence-corrected chi connectivity index (χ0v) is 9.01. The van der Waals surface area contributed by atoms with E-state index in [9.17, 15) is 14.7 Å². The quantitative estimate of drug-likeness (QED) is 0.491. The fourth-order valence-corrected chi connectivity index (χ4v) is 1.43.